The maximum absolute atomic E-state index is 14.1. The number of hydrogen-bond acceptors (Lipinski definition) is 8. The minimum atomic E-state index is -5.05. The van der Waals surface area contributed by atoms with Crippen molar-refractivity contribution in [2.75, 3.05) is 26.8 Å². The number of halogens is 7. The Kier molecular flexibility index (Phi) is 7.95. The molecule has 1 saturated carbocycles. The zero-order chi connectivity index (χ0) is 31.2. The zero-order valence-electron chi connectivity index (χ0n) is 22.4. The fourth-order valence-corrected chi connectivity index (χ4v) is 5.26. The third-order valence-corrected chi connectivity index (χ3v) is 7.42. The molecule has 0 aromatic carbocycles. The fraction of sp³-hybridized carbons (Fsp3) is 0.583. The van der Waals surface area contributed by atoms with Gasteiger partial charge in [-0.05, 0) is 35.1 Å². The Morgan fingerprint density at radius 2 is 1.93 bits per heavy atom. The molecule has 4 heterocycles. The molecule has 3 aromatic rings. The quantitative estimate of drug-likeness (QED) is 0.362. The van der Waals surface area contributed by atoms with Crippen molar-refractivity contribution in [3.05, 3.63) is 41.1 Å². The largest absolute Gasteiger partial charge is 0.439 e. The summed E-state index contributed by atoms with van der Waals surface area (Å²) in [5, 5.41) is 14.6. The average molecular weight is 623 g/mol. The first kappa shape index (κ1) is 30.4. The molecule has 1 saturated heterocycles. The number of rotatable bonds is 8. The van der Waals surface area contributed by atoms with E-state index >= 15 is 0 Å². The Morgan fingerprint density at radius 3 is 2.60 bits per heavy atom. The van der Waals surface area contributed by atoms with Crippen LogP contribution in [0.3, 0.4) is 0 Å². The Bertz CT molecular complexity index is 1480. The van der Waals surface area contributed by atoms with Crippen LogP contribution in [-0.4, -0.2) is 80.4 Å². The van der Waals surface area contributed by atoms with Crippen LogP contribution in [0.25, 0.3) is 5.65 Å². The second-order valence-electron chi connectivity index (χ2n) is 10.5. The lowest BCUT2D eigenvalue weighted by Crippen LogP contribution is -2.58. The molecule has 43 heavy (non-hydrogen) atoms. The topological polar surface area (TPSA) is 140 Å². The van der Waals surface area contributed by atoms with Gasteiger partial charge in [0.2, 0.25) is 17.3 Å². The zero-order valence-corrected chi connectivity index (χ0v) is 22.4. The highest BCUT2D eigenvalue weighted by Gasteiger charge is 2.44. The number of nitrogens with one attached hydrogen (secondary N) is 2. The van der Waals surface area contributed by atoms with Crippen molar-refractivity contribution < 1.29 is 49.7 Å². The molecule has 3 aromatic heterocycles. The van der Waals surface area contributed by atoms with Crippen molar-refractivity contribution in [2.24, 2.45) is 5.92 Å². The average Bonchev–Trinajstić information content (AvgIpc) is 3.59. The van der Waals surface area contributed by atoms with Gasteiger partial charge in [0.1, 0.15) is 0 Å². The fourth-order valence-electron chi connectivity index (χ4n) is 5.26. The molecule has 0 bridgehead atoms. The molecule has 19 heteroatoms. The Labute approximate surface area is 237 Å². The summed E-state index contributed by atoms with van der Waals surface area (Å²) in [5.74, 6) is -8.10. The summed E-state index contributed by atoms with van der Waals surface area (Å²) in [6, 6.07) is -1.44. The molecule has 2 unspecified atom stereocenters. The first-order valence-corrected chi connectivity index (χ1v) is 13.0. The van der Waals surface area contributed by atoms with Crippen LogP contribution in [-0.2, 0) is 10.9 Å². The number of nitrogens with zero attached hydrogens (tertiary/aromatic N) is 6. The van der Waals surface area contributed by atoms with E-state index in [1.165, 1.54) is 30.1 Å². The van der Waals surface area contributed by atoms with Crippen molar-refractivity contribution in [3.63, 3.8) is 0 Å². The van der Waals surface area contributed by atoms with Gasteiger partial charge in [-0.2, -0.15) is 18.3 Å². The van der Waals surface area contributed by atoms with Gasteiger partial charge in [0, 0.05) is 25.5 Å². The first-order chi connectivity index (χ1) is 20.2. The van der Waals surface area contributed by atoms with Crippen LogP contribution in [0.1, 0.15) is 65.2 Å². The summed E-state index contributed by atoms with van der Waals surface area (Å²) in [6.45, 7) is -1.87. The number of ether oxygens (including phenoxy) is 1. The molecule has 2 fully saturated rings. The number of aromatic nitrogens is 5. The van der Waals surface area contributed by atoms with Gasteiger partial charge in [0.05, 0.1) is 49.9 Å². The van der Waals surface area contributed by atoms with Crippen LogP contribution in [0, 0.1) is 5.92 Å². The van der Waals surface area contributed by atoms with Crippen LogP contribution >= 0.6 is 0 Å². The summed E-state index contributed by atoms with van der Waals surface area (Å²) in [7, 11) is 1.32. The second kappa shape index (κ2) is 11.2. The minimum absolute atomic E-state index is 0.0815. The van der Waals surface area contributed by atoms with E-state index in [9.17, 15) is 40.3 Å². The standard InChI is InChI=1S/C24H25F7N8O4/c1-42-9-15(38-11-23(27,28)10-32-21(38)41)13-6-16-34-14(8-39(16)33-7-13)17(12-2-4-22(25,26)5-3-12)35-20(40)18-19(24(29,30)31)37-43-36-18/h6-8,12,15,17H,2-5,9-11H2,1H3,(H,32,41)(H,35,40). The highest BCUT2D eigenvalue weighted by Crippen LogP contribution is 2.42. The van der Waals surface area contributed by atoms with Gasteiger partial charge in [0.15, 0.2) is 5.65 Å². The summed E-state index contributed by atoms with van der Waals surface area (Å²) in [5.41, 5.74) is -2.31. The number of alkyl halides is 7. The molecular formula is C24H25F7N8O4. The van der Waals surface area contributed by atoms with Crippen molar-refractivity contribution in [1.82, 2.24) is 40.4 Å². The van der Waals surface area contributed by atoms with E-state index in [0.29, 0.717) is 0 Å². The summed E-state index contributed by atoms with van der Waals surface area (Å²) in [6.07, 6.45) is -3.58. The number of methoxy groups -OCH3 is 1. The minimum Gasteiger partial charge on any atom is -0.382 e. The molecule has 234 valence electrons. The van der Waals surface area contributed by atoms with Gasteiger partial charge in [-0.3, -0.25) is 4.79 Å². The Hall–Kier alpha value is -4.03. The van der Waals surface area contributed by atoms with Gasteiger partial charge in [-0.25, -0.2) is 36.5 Å². The highest BCUT2D eigenvalue weighted by molar-refractivity contribution is 5.93. The number of amides is 3. The Balaban J connectivity index is 1.48. The van der Waals surface area contributed by atoms with Crippen molar-refractivity contribution >= 4 is 17.6 Å². The number of hydrogen-bond donors (Lipinski definition) is 2. The molecule has 0 spiro atoms. The third-order valence-electron chi connectivity index (χ3n) is 7.42. The SMILES string of the molecule is COCC(c1cnn2cc(C(NC(=O)c3nonc3C(F)(F)F)C3CCC(F)(F)CC3)nc2c1)N1CC(F)(F)CNC1=O. The highest BCUT2D eigenvalue weighted by atomic mass is 19.4. The van der Waals surface area contributed by atoms with Gasteiger partial charge in [0.25, 0.3) is 11.8 Å². The maximum atomic E-state index is 14.1. The third kappa shape index (κ3) is 6.50. The molecule has 5 rings (SSSR count). The van der Waals surface area contributed by atoms with Gasteiger partial charge < -0.3 is 20.3 Å². The van der Waals surface area contributed by atoms with E-state index in [4.69, 9.17) is 4.74 Å². The predicted octanol–water partition coefficient (Wildman–Crippen LogP) is 3.78. The van der Waals surface area contributed by atoms with Crippen molar-refractivity contribution in [3.8, 4) is 0 Å². The number of carbonyl (C=O) groups is 2. The van der Waals surface area contributed by atoms with Crippen LogP contribution in [0.4, 0.5) is 35.5 Å². The lowest BCUT2D eigenvalue weighted by atomic mass is 9.81. The van der Waals surface area contributed by atoms with Gasteiger partial charge in [-0.1, -0.05) is 0 Å². The Morgan fingerprint density at radius 1 is 1.21 bits per heavy atom. The molecule has 2 N–H and O–H groups in total. The summed E-state index contributed by atoms with van der Waals surface area (Å²) in [4.78, 5) is 30.7. The molecule has 1 aliphatic carbocycles. The van der Waals surface area contributed by atoms with Crippen molar-refractivity contribution in [1.29, 1.82) is 0 Å². The van der Waals surface area contributed by atoms with Crippen LogP contribution < -0.4 is 10.6 Å². The van der Waals surface area contributed by atoms with Crippen LogP contribution in [0.15, 0.2) is 23.1 Å². The van der Waals surface area contributed by atoms with E-state index in [1.54, 1.807) is 0 Å². The van der Waals surface area contributed by atoms with Crippen LogP contribution in [0.5, 0.6) is 0 Å². The van der Waals surface area contributed by atoms with E-state index in [-0.39, 0.29) is 36.4 Å². The molecule has 1 aliphatic heterocycles. The van der Waals surface area contributed by atoms with Gasteiger partial charge in [-0.15, -0.1) is 0 Å². The normalized spacial score (nSPS) is 20.6. The number of urea groups is 1. The molecule has 12 nitrogen and oxygen atoms in total. The smallest absolute Gasteiger partial charge is 0.382 e. The molecule has 2 atom stereocenters. The monoisotopic (exact) mass is 622 g/mol. The van der Waals surface area contributed by atoms with Crippen molar-refractivity contribution in [2.45, 2.75) is 55.8 Å². The molecular weight excluding hydrogens is 597 g/mol. The van der Waals surface area contributed by atoms with E-state index in [2.05, 4.69) is 35.7 Å². The number of imidazole rings is 1. The van der Waals surface area contributed by atoms with E-state index in [1.807, 2.05) is 0 Å². The van der Waals surface area contributed by atoms with Crippen LogP contribution in [0.2, 0.25) is 0 Å². The second-order valence-corrected chi connectivity index (χ2v) is 10.5. The number of carbonyl (C=O) groups excluding carboxylic acids is 2. The number of fused-ring (bicyclic) bond motifs is 1. The van der Waals surface area contributed by atoms with E-state index < -0.39 is 85.3 Å². The summed E-state index contributed by atoms with van der Waals surface area (Å²) >= 11 is 0. The molecule has 2 aliphatic rings. The lowest BCUT2D eigenvalue weighted by molar-refractivity contribution is -0.143. The predicted molar refractivity (Wildman–Crippen MR) is 129 cm³/mol. The molecule has 0 radical (unpaired) electrons. The summed E-state index contributed by atoms with van der Waals surface area (Å²) < 4.78 is 107. The van der Waals surface area contributed by atoms with Gasteiger partial charge >= 0.3 is 12.2 Å². The lowest BCUT2D eigenvalue weighted by Gasteiger charge is -2.38. The molecule has 3 amide bonds. The first-order valence-electron chi connectivity index (χ1n) is 13.0. The van der Waals surface area contributed by atoms with E-state index in [0.717, 1.165) is 4.90 Å². The maximum Gasteiger partial charge on any atom is 0.439 e.